The SMILES string of the molecule is COc1ccccc1N(Cc1nc2nc(C)cc(=O)n2[nH]1)C(=O)c1cccc(C)c1. The number of para-hydroxylation sites is 2. The third-order valence-electron chi connectivity index (χ3n) is 4.70. The van der Waals surface area contributed by atoms with Gasteiger partial charge in [0.25, 0.3) is 17.2 Å². The van der Waals surface area contributed by atoms with E-state index in [0.29, 0.717) is 28.5 Å². The zero-order valence-electron chi connectivity index (χ0n) is 16.9. The van der Waals surface area contributed by atoms with Gasteiger partial charge in [0.15, 0.2) is 0 Å². The number of nitrogens with zero attached hydrogens (tertiary/aromatic N) is 4. The van der Waals surface area contributed by atoms with E-state index in [1.54, 1.807) is 31.1 Å². The molecule has 1 N–H and O–H groups in total. The summed E-state index contributed by atoms with van der Waals surface area (Å²) in [7, 11) is 1.56. The molecular formula is C22H21N5O3. The number of hydrogen-bond acceptors (Lipinski definition) is 5. The molecule has 8 nitrogen and oxygen atoms in total. The summed E-state index contributed by atoms with van der Waals surface area (Å²) in [5.41, 5.74) is 2.45. The molecule has 0 fully saturated rings. The molecule has 0 aliphatic carbocycles. The van der Waals surface area contributed by atoms with Gasteiger partial charge in [-0.2, -0.15) is 9.50 Å². The highest BCUT2D eigenvalue weighted by molar-refractivity contribution is 6.06. The molecule has 152 valence electrons. The van der Waals surface area contributed by atoms with Crippen molar-refractivity contribution in [3.63, 3.8) is 0 Å². The Morgan fingerprint density at radius 2 is 1.90 bits per heavy atom. The lowest BCUT2D eigenvalue weighted by molar-refractivity contribution is 0.0983. The van der Waals surface area contributed by atoms with E-state index in [1.165, 1.54) is 10.6 Å². The van der Waals surface area contributed by atoms with E-state index < -0.39 is 0 Å². The number of carbonyl (C=O) groups excluding carboxylic acids is 1. The lowest BCUT2D eigenvalue weighted by Gasteiger charge is -2.24. The van der Waals surface area contributed by atoms with Crippen molar-refractivity contribution < 1.29 is 9.53 Å². The van der Waals surface area contributed by atoms with Gasteiger partial charge in [-0.25, -0.2) is 4.98 Å². The Morgan fingerprint density at radius 1 is 1.10 bits per heavy atom. The number of aromatic nitrogens is 4. The standard InChI is InChI=1S/C22H21N5O3/c1-14-7-6-8-16(11-14)21(29)26(17-9-4-5-10-18(17)30-3)13-19-24-22-23-15(2)12-20(28)27(22)25-19/h4-12H,13H2,1-3H3,(H,23,24,25). The van der Waals surface area contributed by atoms with E-state index in [-0.39, 0.29) is 23.8 Å². The van der Waals surface area contributed by atoms with Gasteiger partial charge in [-0.15, -0.1) is 0 Å². The molecule has 8 heteroatoms. The van der Waals surface area contributed by atoms with Crippen LogP contribution in [0.2, 0.25) is 0 Å². The highest BCUT2D eigenvalue weighted by Crippen LogP contribution is 2.30. The molecule has 0 atom stereocenters. The van der Waals surface area contributed by atoms with Crippen LogP contribution in [0.4, 0.5) is 5.69 Å². The lowest BCUT2D eigenvalue weighted by atomic mass is 10.1. The summed E-state index contributed by atoms with van der Waals surface area (Å²) < 4.78 is 6.74. The number of hydrogen-bond donors (Lipinski definition) is 1. The zero-order valence-corrected chi connectivity index (χ0v) is 16.9. The Balaban J connectivity index is 1.80. The number of carbonyl (C=O) groups is 1. The van der Waals surface area contributed by atoms with Gasteiger partial charge in [0.2, 0.25) is 0 Å². The summed E-state index contributed by atoms with van der Waals surface area (Å²) in [5, 5.41) is 2.94. The summed E-state index contributed by atoms with van der Waals surface area (Å²) in [6.07, 6.45) is 0. The molecule has 0 aliphatic heterocycles. The van der Waals surface area contributed by atoms with Gasteiger partial charge >= 0.3 is 0 Å². The van der Waals surface area contributed by atoms with E-state index in [9.17, 15) is 9.59 Å². The number of nitrogens with one attached hydrogen (secondary N) is 1. The third kappa shape index (κ3) is 3.67. The van der Waals surface area contributed by atoms with Crippen molar-refractivity contribution >= 4 is 17.4 Å². The molecule has 4 aromatic rings. The molecule has 4 rings (SSSR count). The molecule has 0 bridgehead atoms. The lowest BCUT2D eigenvalue weighted by Crippen LogP contribution is -2.31. The minimum atomic E-state index is -0.259. The molecular weight excluding hydrogens is 382 g/mol. The van der Waals surface area contributed by atoms with Crippen LogP contribution < -0.4 is 15.2 Å². The van der Waals surface area contributed by atoms with Gasteiger partial charge in [0.05, 0.1) is 19.3 Å². The number of methoxy groups -OCH3 is 1. The maximum Gasteiger partial charge on any atom is 0.274 e. The predicted octanol–water partition coefficient (Wildman–Crippen LogP) is 2.89. The molecule has 0 aliphatic rings. The van der Waals surface area contributed by atoms with Crippen LogP contribution in [0.5, 0.6) is 5.75 Å². The number of fused-ring (bicyclic) bond motifs is 1. The summed E-state index contributed by atoms with van der Waals surface area (Å²) >= 11 is 0. The minimum Gasteiger partial charge on any atom is -0.495 e. The van der Waals surface area contributed by atoms with E-state index >= 15 is 0 Å². The average molecular weight is 403 g/mol. The van der Waals surface area contributed by atoms with E-state index in [2.05, 4.69) is 15.1 Å². The number of aromatic amines is 1. The number of benzene rings is 2. The van der Waals surface area contributed by atoms with Gasteiger partial charge in [0.1, 0.15) is 11.6 Å². The fourth-order valence-corrected chi connectivity index (χ4v) is 3.31. The molecule has 30 heavy (non-hydrogen) atoms. The van der Waals surface area contributed by atoms with Gasteiger partial charge in [-0.1, -0.05) is 29.8 Å². The van der Waals surface area contributed by atoms with Crippen molar-refractivity contribution in [2.45, 2.75) is 20.4 Å². The summed E-state index contributed by atoms with van der Waals surface area (Å²) in [5.74, 6) is 1.04. The maximum atomic E-state index is 13.5. The van der Waals surface area contributed by atoms with Crippen molar-refractivity contribution in [2.75, 3.05) is 12.0 Å². The highest BCUT2D eigenvalue weighted by Gasteiger charge is 2.23. The molecule has 0 saturated carbocycles. The second-order valence-electron chi connectivity index (χ2n) is 6.97. The molecule has 1 amide bonds. The number of anilines is 1. The Morgan fingerprint density at radius 3 is 2.67 bits per heavy atom. The number of H-pyrrole nitrogens is 1. The largest absolute Gasteiger partial charge is 0.495 e. The van der Waals surface area contributed by atoms with Crippen LogP contribution in [0.25, 0.3) is 5.78 Å². The third-order valence-corrected chi connectivity index (χ3v) is 4.70. The number of amides is 1. The van der Waals surface area contributed by atoms with Crippen LogP contribution in [-0.4, -0.2) is 32.6 Å². The first-order valence-electron chi connectivity index (χ1n) is 9.43. The van der Waals surface area contributed by atoms with Crippen LogP contribution in [0.15, 0.2) is 59.4 Å². The van der Waals surface area contributed by atoms with Crippen LogP contribution in [0.3, 0.4) is 0 Å². The topological polar surface area (TPSA) is 92.6 Å². The van der Waals surface area contributed by atoms with Gasteiger partial charge in [-0.3, -0.25) is 19.6 Å². The van der Waals surface area contributed by atoms with Gasteiger partial charge in [-0.05, 0) is 38.1 Å². The molecule has 2 aromatic carbocycles. The van der Waals surface area contributed by atoms with Crippen molar-refractivity contribution in [1.29, 1.82) is 0 Å². The van der Waals surface area contributed by atoms with Crippen molar-refractivity contribution in [3.05, 3.63) is 87.6 Å². The average Bonchev–Trinajstić information content (AvgIpc) is 3.14. The zero-order chi connectivity index (χ0) is 21.3. The monoisotopic (exact) mass is 403 g/mol. The number of aryl methyl sites for hydroxylation is 2. The molecule has 2 aromatic heterocycles. The first-order chi connectivity index (χ1) is 14.5. The van der Waals surface area contributed by atoms with Gasteiger partial charge in [0, 0.05) is 17.3 Å². The molecule has 0 spiro atoms. The predicted molar refractivity (Wildman–Crippen MR) is 113 cm³/mol. The Bertz CT molecular complexity index is 1290. The van der Waals surface area contributed by atoms with Crippen LogP contribution in [0, 0.1) is 13.8 Å². The summed E-state index contributed by atoms with van der Waals surface area (Å²) in [6.45, 7) is 3.77. The highest BCUT2D eigenvalue weighted by atomic mass is 16.5. The summed E-state index contributed by atoms with van der Waals surface area (Å²) in [4.78, 5) is 35.9. The molecule has 0 saturated heterocycles. The Hall–Kier alpha value is -3.94. The van der Waals surface area contributed by atoms with E-state index in [0.717, 1.165) is 5.56 Å². The van der Waals surface area contributed by atoms with Crippen molar-refractivity contribution in [3.8, 4) is 5.75 Å². The van der Waals surface area contributed by atoms with E-state index in [1.807, 2.05) is 43.3 Å². The molecule has 2 heterocycles. The van der Waals surface area contributed by atoms with Crippen molar-refractivity contribution in [2.24, 2.45) is 0 Å². The first kappa shape index (κ1) is 19.4. The number of rotatable bonds is 5. The van der Waals surface area contributed by atoms with E-state index in [4.69, 9.17) is 4.74 Å². The fourth-order valence-electron chi connectivity index (χ4n) is 3.31. The minimum absolute atomic E-state index is 0.106. The summed E-state index contributed by atoms with van der Waals surface area (Å²) in [6, 6.07) is 16.1. The molecule has 0 unspecified atom stereocenters. The normalized spacial score (nSPS) is 10.9. The Kier molecular flexibility index (Phi) is 5.05. The van der Waals surface area contributed by atoms with Crippen LogP contribution in [0.1, 0.15) is 27.4 Å². The van der Waals surface area contributed by atoms with Gasteiger partial charge < -0.3 is 4.74 Å². The number of ether oxygens (including phenoxy) is 1. The maximum absolute atomic E-state index is 13.5. The second kappa shape index (κ2) is 7.82. The molecule has 0 radical (unpaired) electrons. The van der Waals surface area contributed by atoms with Crippen molar-refractivity contribution in [1.82, 2.24) is 19.6 Å². The fraction of sp³-hybridized carbons (Fsp3) is 0.182. The van der Waals surface area contributed by atoms with Crippen LogP contribution in [-0.2, 0) is 6.54 Å². The van der Waals surface area contributed by atoms with Crippen LogP contribution >= 0.6 is 0 Å². The smallest absolute Gasteiger partial charge is 0.274 e. The second-order valence-corrected chi connectivity index (χ2v) is 6.97. The quantitative estimate of drug-likeness (QED) is 0.553. The first-order valence-corrected chi connectivity index (χ1v) is 9.43. The Labute approximate surface area is 172 Å².